The van der Waals surface area contributed by atoms with Crippen LogP contribution in [0.4, 0.5) is 23.4 Å². The molecule has 8 rings (SSSR count). The van der Waals surface area contributed by atoms with Crippen LogP contribution in [0.3, 0.4) is 0 Å². The summed E-state index contributed by atoms with van der Waals surface area (Å²) >= 11 is 0. The monoisotopic (exact) mass is 818 g/mol. The Morgan fingerprint density at radius 3 is 2.47 bits per heavy atom. The van der Waals surface area contributed by atoms with Gasteiger partial charge in [-0.2, -0.15) is 0 Å². The molecule has 2 saturated heterocycles. The van der Waals surface area contributed by atoms with Gasteiger partial charge in [-0.3, -0.25) is 33.7 Å². The Morgan fingerprint density at radius 1 is 0.983 bits per heavy atom. The second kappa shape index (κ2) is 15.9. The Kier molecular flexibility index (Phi) is 10.8. The third-order valence-corrected chi connectivity index (χ3v) is 11.9. The molecule has 312 valence electrons. The standard InChI is InChI=1S/C42H46F4N8O5/c1-23(2)59-34-18-36-48-30(21-53(36)20-27(34)39(56)49-35-6-4-5-29(47-35)38(43)44)25-9-7-24(8-10-25)19-52-16-15-28(42(45,46)22-52)26-11-12-31-33(17-26)51(3)41(58)54(31)32-13-14-37(55)50-40(32)57/h4-6,11-12,17-18,20-21,23-25,28,32,38H,7-10,13-16,19,22H2,1-3H3,(H,47,49,56)(H,50,55,57). The van der Waals surface area contributed by atoms with Gasteiger partial charge in [-0.15, -0.1) is 0 Å². The minimum absolute atomic E-state index is 0.00740. The van der Waals surface area contributed by atoms with Crippen molar-refractivity contribution in [1.29, 1.82) is 0 Å². The van der Waals surface area contributed by atoms with Crippen LogP contribution < -0.4 is 21.1 Å². The number of halogens is 4. The number of hydrogen-bond acceptors (Lipinski definition) is 8. The van der Waals surface area contributed by atoms with E-state index in [2.05, 4.69) is 15.6 Å². The maximum Gasteiger partial charge on any atom is 0.329 e. The number of carbonyl (C=O) groups is 3. The molecule has 2 atom stereocenters. The molecule has 1 saturated carbocycles. The first-order chi connectivity index (χ1) is 28.1. The first-order valence-corrected chi connectivity index (χ1v) is 20.1. The molecule has 3 fully saturated rings. The van der Waals surface area contributed by atoms with Gasteiger partial charge in [-0.25, -0.2) is 32.3 Å². The van der Waals surface area contributed by atoms with Crippen LogP contribution in [0.5, 0.6) is 5.75 Å². The number of fused-ring (bicyclic) bond motifs is 2. The van der Waals surface area contributed by atoms with Crippen LogP contribution in [0.15, 0.2) is 59.7 Å². The number of amides is 3. The molecule has 13 nitrogen and oxygen atoms in total. The van der Waals surface area contributed by atoms with Crippen molar-refractivity contribution in [3.05, 3.63) is 87.9 Å². The van der Waals surface area contributed by atoms with Crippen LogP contribution in [-0.2, 0) is 16.6 Å². The van der Waals surface area contributed by atoms with E-state index in [1.807, 2.05) is 24.9 Å². The average molecular weight is 819 g/mol. The Bertz CT molecular complexity index is 2490. The number of carbonyl (C=O) groups excluding carboxylic acids is 3. The lowest BCUT2D eigenvalue weighted by Crippen LogP contribution is -2.49. The van der Waals surface area contributed by atoms with Crippen LogP contribution in [0, 0.1) is 5.92 Å². The minimum Gasteiger partial charge on any atom is -0.490 e. The Balaban J connectivity index is 0.904. The maximum atomic E-state index is 16.0. The Labute approximate surface area is 336 Å². The highest BCUT2D eigenvalue weighted by Gasteiger charge is 2.46. The number of hydrogen-bond donors (Lipinski definition) is 2. The van der Waals surface area contributed by atoms with Gasteiger partial charge in [0.15, 0.2) is 0 Å². The van der Waals surface area contributed by atoms with Crippen molar-refractivity contribution in [3.63, 3.8) is 0 Å². The molecule has 0 spiro atoms. The number of aryl methyl sites for hydroxylation is 1. The summed E-state index contributed by atoms with van der Waals surface area (Å²) in [6.07, 6.45) is 4.35. The lowest BCUT2D eigenvalue weighted by atomic mass is 9.79. The summed E-state index contributed by atoms with van der Waals surface area (Å²) in [6, 6.07) is 9.75. The van der Waals surface area contributed by atoms with Crippen molar-refractivity contribution in [2.75, 3.05) is 25.0 Å². The molecule has 2 unspecified atom stereocenters. The molecule has 59 heavy (non-hydrogen) atoms. The zero-order valence-electron chi connectivity index (χ0n) is 33.0. The van der Waals surface area contributed by atoms with Crippen LogP contribution in [0.25, 0.3) is 16.7 Å². The Hall–Kier alpha value is -5.58. The number of likely N-dealkylation sites (tertiary alicyclic amines) is 1. The van der Waals surface area contributed by atoms with E-state index in [4.69, 9.17) is 9.72 Å². The van der Waals surface area contributed by atoms with E-state index < -0.39 is 47.5 Å². The number of alkyl halides is 4. The predicted octanol–water partition coefficient (Wildman–Crippen LogP) is 6.74. The van der Waals surface area contributed by atoms with Crippen LogP contribution in [0.2, 0.25) is 0 Å². The van der Waals surface area contributed by atoms with Gasteiger partial charge in [-0.05, 0) is 94.7 Å². The minimum atomic E-state index is -3.01. The van der Waals surface area contributed by atoms with Crippen molar-refractivity contribution in [2.24, 2.45) is 13.0 Å². The number of piperidine rings is 2. The summed E-state index contributed by atoms with van der Waals surface area (Å²) in [4.78, 5) is 61.5. The lowest BCUT2D eigenvalue weighted by molar-refractivity contribution is -0.135. The third kappa shape index (κ3) is 8.08. The second-order valence-corrected chi connectivity index (χ2v) is 16.3. The molecule has 1 aromatic carbocycles. The largest absolute Gasteiger partial charge is 0.490 e. The number of pyridine rings is 2. The number of imide groups is 1. The topological polar surface area (TPSA) is 145 Å². The fourth-order valence-electron chi connectivity index (χ4n) is 8.99. The summed E-state index contributed by atoms with van der Waals surface area (Å²) < 4.78 is 68.8. The van der Waals surface area contributed by atoms with E-state index in [9.17, 15) is 28.0 Å². The molecule has 3 amide bonds. The number of benzene rings is 1. The smallest absolute Gasteiger partial charge is 0.329 e. The first-order valence-electron chi connectivity index (χ1n) is 20.1. The summed E-state index contributed by atoms with van der Waals surface area (Å²) in [5, 5.41) is 4.89. The highest BCUT2D eigenvalue weighted by Crippen LogP contribution is 2.43. The average Bonchev–Trinajstić information content (AvgIpc) is 3.71. The van der Waals surface area contributed by atoms with Crippen molar-refractivity contribution in [3.8, 4) is 5.75 Å². The van der Waals surface area contributed by atoms with Gasteiger partial charge in [-0.1, -0.05) is 12.1 Å². The zero-order valence-corrected chi connectivity index (χ0v) is 33.0. The van der Waals surface area contributed by atoms with Crippen molar-refractivity contribution < 1.29 is 36.7 Å². The molecule has 6 heterocycles. The van der Waals surface area contributed by atoms with Crippen molar-refractivity contribution in [2.45, 2.75) is 95.1 Å². The molecule has 5 aromatic rings. The number of aromatic nitrogens is 5. The number of nitrogens with one attached hydrogen (secondary N) is 2. The van der Waals surface area contributed by atoms with Gasteiger partial charge in [0.1, 0.15) is 29.0 Å². The molecule has 1 aliphatic carbocycles. The maximum absolute atomic E-state index is 16.0. The molecule has 0 radical (unpaired) electrons. The number of imidazole rings is 2. The summed E-state index contributed by atoms with van der Waals surface area (Å²) in [6.45, 7) is 4.35. The number of rotatable bonds is 10. The zero-order chi connectivity index (χ0) is 41.7. The molecule has 2 aliphatic heterocycles. The number of nitrogens with zero attached hydrogens (tertiary/aromatic N) is 6. The summed E-state index contributed by atoms with van der Waals surface area (Å²) in [7, 11) is 1.56. The molecule has 3 aliphatic rings. The van der Waals surface area contributed by atoms with Gasteiger partial charge < -0.3 is 14.5 Å². The predicted molar refractivity (Wildman–Crippen MR) is 210 cm³/mol. The van der Waals surface area contributed by atoms with Crippen molar-refractivity contribution >= 4 is 40.2 Å². The highest BCUT2D eigenvalue weighted by atomic mass is 19.3. The summed E-state index contributed by atoms with van der Waals surface area (Å²) in [5.41, 5.74) is 2.11. The molecule has 0 bridgehead atoms. The normalized spacial score (nSPS) is 22.7. The first kappa shape index (κ1) is 40.2. The molecule has 4 aromatic heterocycles. The molecule has 2 N–H and O–H groups in total. The van der Waals surface area contributed by atoms with Gasteiger partial charge in [0, 0.05) is 44.4 Å². The molecular weight excluding hydrogens is 773 g/mol. The third-order valence-electron chi connectivity index (χ3n) is 11.9. The highest BCUT2D eigenvalue weighted by molar-refractivity contribution is 6.06. The van der Waals surface area contributed by atoms with Gasteiger partial charge in [0.25, 0.3) is 18.3 Å². The van der Waals surface area contributed by atoms with Crippen LogP contribution in [0.1, 0.15) is 110 Å². The fourth-order valence-corrected chi connectivity index (χ4v) is 8.99. The van der Waals surface area contributed by atoms with E-state index in [1.54, 1.807) is 41.9 Å². The van der Waals surface area contributed by atoms with Crippen LogP contribution in [-0.4, -0.2) is 77.8 Å². The molecular formula is C42H46F4N8O5. The second-order valence-electron chi connectivity index (χ2n) is 16.3. The van der Waals surface area contributed by atoms with Gasteiger partial charge in [0.05, 0.1) is 40.9 Å². The lowest BCUT2D eigenvalue weighted by Gasteiger charge is -2.41. The SMILES string of the molecule is CC(C)Oc1cc2nc(C3CCC(CN4CCC(c5ccc6c(c5)n(C)c(=O)n6C5CCC(=O)NC5=O)C(F)(F)C4)CC3)cn2cc1C(=O)Nc1cccc(C(F)F)n1. The van der Waals surface area contributed by atoms with E-state index in [-0.39, 0.29) is 61.0 Å². The van der Waals surface area contributed by atoms with E-state index in [0.29, 0.717) is 41.1 Å². The van der Waals surface area contributed by atoms with Crippen LogP contribution >= 0.6 is 0 Å². The fraction of sp³-hybridized carbons (Fsp3) is 0.476. The molecule has 17 heteroatoms. The van der Waals surface area contributed by atoms with Crippen molar-refractivity contribution in [1.82, 2.24) is 33.7 Å². The van der Waals surface area contributed by atoms with Gasteiger partial charge in [0.2, 0.25) is 11.8 Å². The summed E-state index contributed by atoms with van der Waals surface area (Å²) in [5.74, 6) is -4.88. The van der Waals surface area contributed by atoms with Gasteiger partial charge >= 0.3 is 5.69 Å². The Morgan fingerprint density at radius 2 is 1.76 bits per heavy atom. The number of ether oxygens (including phenoxy) is 1. The number of anilines is 1. The van der Waals surface area contributed by atoms with E-state index in [0.717, 1.165) is 31.4 Å². The van der Waals surface area contributed by atoms with E-state index in [1.165, 1.54) is 27.3 Å². The quantitative estimate of drug-likeness (QED) is 0.117. The van der Waals surface area contributed by atoms with E-state index >= 15 is 8.78 Å².